The lowest BCUT2D eigenvalue weighted by Gasteiger charge is -2.09. The molecule has 0 amide bonds. The standard InChI is InChI=1S/C11H12F3O2/c1-2-15-7-6-9-4-3-5-10(8-9)16-11(12,13)14/h3-5,8H,1-2,6-7H2. The number of alkyl halides is 3. The Morgan fingerprint density at radius 3 is 2.62 bits per heavy atom. The lowest BCUT2D eigenvalue weighted by molar-refractivity contribution is -0.274. The van der Waals surface area contributed by atoms with Crippen LogP contribution >= 0.6 is 0 Å². The van der Waals surface area contributed by atoms with E-state index in [0.717, 1.165) is 5.56 Å². The van der Waals surface area contributed by atoms with Crippen LogP contribution in [0, 0.1) is 6.92 Å². The van der Waals surface area contributed by atoms with Crippen LogP contribution in [0.2, 0.25) is 0 Å². The number of benzene rings is 1. The monoisotopic (exact) mass is 233 g/mol. The highest BCUT2D eigenvalue weighted by Gasteiger charge is 2.30. The molecule has 0 spiro atoms. The summed E-state index contributed by atoms with van der Waals surface area (Å²) in [4.78, 5) is 0. The van der Waals surface area contributed by atoms with Gasteiger partial charge in [-0.05, 0) is 31.0 Å². The largest absolute Gasteiger partial charge is 0.573 e. The minimum Gasteiger partial charge on any atom is -0.406 e. The van der Waals surface area contributed by atoms with E-state index in [-0.39, 0.29) is 5.75 Å². The van der Waals surface area contributed by atoms with Gasteiger partial charge < -0.3 is 9.47 Å². The Morgan fingerprint density at radius 2 is 2.00 bits per heavy atom. The predicted molar refractivity (Wildman–Crippen MR) is 53.0 cm³/mol. The van der Waals surface area contributed by atoms with E-state index in [2.05, 4.69) is 11.7 Å². The summed E-state index contributed by atoms with van der Waals surface area (Å²) < 4.78 is 44.6. The summed E-state index contributed by atoms with van der Waals surface area (Å²) in [5.41, 5.74) is 0.732. The van der Waals surface area contributed by atoms with Crippen LogP contribution in [0.3, 0.4) is 0 Å². The first-order valence-electron chi connectivity index (χ1n) is 4.73. The Hall–Kier alpha value is -1.23. The van der Waals surface area contributed by atoms with E-state index in [9.17, 15) is 13.2 Å². The normalized spacial score (nSPS) is 11.5. The van der Waals surface area contributed by atoms with Crippen LogP contribution in [0.25, 0.3) is 0 Å². The molecule has 0 saturated carbocycles. The maximum Gasteiger partial charge on any atom is 0.573 e. The number of hydrogen-bond acceptors (Lipinski definition) is 2. The third kappa shape index (κ3) is 5.02. The number of halogens is 3. The van der Waals surface area contributed by atoms with Gasteiger partial charge >= 0.3 is 6.36 Å². The van der Waals surface area contributed by atoms with Gasteiger partial charge in [-0.3, -0.25) is 0 Å². The van der Waals surface area contributed by atoms with Gasteiger partial charge in [0.05, 0.1) is 6.61 Å². The molecule has 0 N–H and O–H groups in total. The van der Waals surface area contributed by atoms with Gasteiger partial charge in [0, 0.05) is 6.61 Å². The molecule has 0 aromatic heterocycles. The van der Waals surface area contributed by atoms with Crippen molar-refractivity contribution in [3.05, 3.63) is 36.8 Å². The summed E-state index contributed by atoms with van der Waals surface area (Å²) in [6.45, 7) is 4.26. The van der Waals surface area contributed by atoms with Crippen LogP contribution in [0.1, 0.15) is 5.56 Å². The summed E-state index contributed by atoms with van der Waals surface area (Å²) in [5.74, 6) is -0.209. The fraction of sp³-hybridized carbons (Fsp3) is 0.364. The van der Waals surface area contributed by atoms with Crippen molar-refractivity contribution in [2.45, 2.75) is 12.8 Å². The van der Waals surface area contributed by atoms with Crippen molar-refractivity contribution < 1.29 is 22.6 Å². The first kappa shape index (κ1) is 12.8. The van der Waals surface area contributed by atoms with E-state index in [1.54, 1.807) is 6.07 Å². The zero-order chi connectivity index (χ0) is 12.0. The second-order valence-corrected chi connectivity index (χ2v) is 3.06. The molecule has 0 bridgehead atoms. The van der Waals surface area contributed by atoms with E-state index in [4.69, 9.17) is 4.74 Å². The zero-order valence-electron chi connectivity index (χ0n) is 8.59. The minimum atomic E-state index is -4.65. The number of rotatable bonds is 5. The molecule has 5 heteroatoms. The molecular weight excluding hydrogens is 221 g/mol. The summed E-state index contributed by atoms with van der Waals surface area (Å²) >= 11 is 0. The Morgan fingerprint density at radius 1 is 1.25 bits per heavy atom. The molecule has 0 saturated heterocycles. The highest BCUT2D eigenvalue weighted by atomic mass is 19.4. The summed E-state index contributed by atoms with van der Waals surface area (Å²) in [5, 5.41) is 0. The van der Waals surface area contributed by atoms with Gasteiger partial charge in [0.2, 0.25) is 0 Å². The molecule has 89 valence electrons. The fourth-order valence-corrected chi connectivity index (χ4v) is 1.19. The van der Waals surface area contributed by atoms with Crippen LogP contribution in [-0.4, -0.2) is 19.6 Å². The molecule has 1 aromatic carbocycles. The molecule has 1 radical (unpaired) electrons. The van der Waals surface area contributed by atoms with Gasteiger partial charge in [0.15, 0.2) is 0 Å². The van der Waals surface area contributed by atoms with Crippen molar-refractivity contribution >= 4 is 0 Å². The highest BCUT2D eigenvalue weighted by molar-refractivity contribution is 5.28. The van der Waals surface area contributed by atoms with Crippen LogP contribution in [-0.2, 0) is 11.2 Å². The zero-order valence-corrected chi connectivity index (χ0v) is 8.59. The van der Waals surface area contributed by atoms with E-state index in [0.29, 0.717) is 19.6 Å². The topological polar surface area (TPSA) is 18.5 Å². The molecule has 0 aliphatic carbocycles. The molecule has 0 unspecified atom stereocenters. The van der Waals surface area contributed by atoms with Crippen molar-refractivity contribution in [3.63, 3.8) is 0 Å². The molecule has 0 aliphatic heterocycles. The molecule has 1 rings (SSSR count). The summed E-state index contributed by atoms with van der Waals surface area (Å²) in [6.07, 6.45) is -4.12. The van der Waals surface area contributed by atoms with Crippen LogP contribution < -0.4 is 4.74 Å². The Bertz CT molecular complexity index is 323. The molecule has 0 fully saturated rings. The maximum absolute atomic E-state index is 11.9. The van der Waals surface area contributed by atoms with Crippen molar-refractivity contribution in [2.75, 3.05) is 13.2 Å². The molecule has 2 nitrogen and oxygen atoms in total. The second kappa shape index (κ2) is 5.75. The predicted octanol–water partition coefficient (Wildman–Crippen LogP) is 2.98. The van der Waals surface area contributed by atoms with Gasteiger partial charge in [0.25, 0.3) is 0 Å². The lowest BCUT2D eigenvalue weighted by Crippen LogP contribution is -2.17. The SMILES string of the molecule is [CH2]COCCc1cccc(OC(F)(F)F)c1. The first-order valence-corrected chi connectivity index (χ1v) is 4.73. The van der Waals surface area contributed by atoms with E-state index in [1.165, 1.54) is 18.2 Å². The average Bonchev–Trinajstić information content (AvgIpc) is 2.16. The van der Waals surface area contributed by atoms with Crippen molar-refractivity contribution in [1.29, 1.82) is 0 Å². The summed E-state index contributed by atoms with van der Waals surface area (Å²) in [7, 11) is 0. The second-order valence-electron chi connectivity index (χ2n) is 3.06. The Balaban J connectivity index is 2.57. The van der Waals surface area contributed by atoms with Crippen molar-refractivity contribution in [2.24, 2.45) is 0 Å². The maximum atomic E-state index is 11.9. The molecule has 1 aromatic rings. The first-order chi connectivity index (χ1) is 7.51. The molecule has 16 heavy (non-hydrogen) atoms. The quantitative estimate of drug-likeness (QED) is 0.728. The lowest BCUT2D eigenvalue weighted by atomic mass is 10.1. The molecular formula is C11H12F3O2. The average molecular weight is 233 g/mol. The smallest absolute Gasteiger partial charge is 0.406 e. The van der Waals surface area contributed by atoms with Gasteiger partial charge in [0.1, 0.15) is 5.75 Å². The van der Waals surface area contributed by atoms with Gasteiger partial charge in [-0.15, -0.1) is 13.2 Å². The van der Waals surface area contributed by atoms with Crippen molar-refractivity contribution in [3.8, 4) is 5.75 Å². The third-order valence-corrected chi connectivity index (χ3v) is 1.81. The van der Waals surface area contributed by atoms with Gasteiger partial charge in [-0.1, -0.05) is 12.1 Å². The minimum absolute atomic E-state index is 0.209. The summed E-state index contributed by atoms with van der Waals surface area (Å²) in [6, 6.07) is 5.84. The van der Waals surface area contributed by atoms with Gasteiger partial charge in [-0.25, -0.2) is 0 Å². The number of ether oxygens (including phenoxy) is 2. The molecule has 0 heterocycles. The fourth-order valence-electron chi connectivity index (χ4n) is 1.19. The Labute approximate surface area is 92.0 Å². The van der Waals surface area contributed by atoms with Crippen LogP contribution in [0.15, 0.2) is 24.3 Å². The Kier molecular flexibility index (Phi) is 4.61. The van der Waals surface area contributed by atoms with Crippen LogP contribution in [0.4, 0.5) is 13.2 Å². The van der Waals surface area contributed by atoms with E-state index >= 15 is 0 Å². The van der Waals surface area contributed by atoms with Crippen molar-refractivity contribution in [1.82, 2.24) is 0 Å². The van der Waals surface area contributed by atoms with E-state index in [1.807, 2.05) is 0 Å². The molecule has 0 aliphatic rings. The molecule has 0 atom stereocenters. The number of hydrogen-bond donors (Lipinski definition) is 0. The van der Waals surface area contributed by atoms with Gasteiger partial charge in [-0.2, -0.15) is 0 Å². The third-order valence-electron chi connectivity index (χ3n) is 1.81. The highest BCUT2D eigenvalue weighted by Crippen LogP contribution is 2.23. The van der Waals surface area contributed by atoms with Crippen LogP contribution in [0.5, 0.6) is 5.75 Å². The van der Waals surface area contributed by atoms with E-state index < -0.39 is 6.36 Å².